The van der Waals surface area contributed by atoms with Crippen LogP contribution in [0.3, 0.4) is 0 Å². The second-order valence-electron chi connectivity index (χ2n) is 3.35. The van der Waals surface area contributed by atoms with Gasteiger partial charge in [-0.3, -0.25) is 4.55 Å². The van der Waals surface area contributed by atoms with E-state index in [1.165, 1.54) is 13.8 Å². The molecule has 5 heteroatoms. The summed E-state index contributed by atoms with van der Waals surface area (Å²) in [7, 11) is -4.06. The van der Waals surface area contributed by atoms with E-state index in [4.69, 9.17) is 4.55 Å². The van der Waals surface area contributed by atoms with Crippen LogP contribution >= 0.6 is 0 Å². The predicted octanol–water partition coefficient (Wildman–Crippen LogP) is 1.81. The van der Waals surface area contributed by atoms with E-state index in [1.54, 1.807) is 30.3 Å². The molecule has 1 aromatic rings. The minimum atomic E-state index is -4.06. The summed E-state index contributed by atoms with van der Waals surface area (Å²) in [5.41, 5.74) is 0.581. The molecule has 0 atom stereocenters. The van der Waals surface area contributed by atoms with Gasteiger partial charge in [-0.25, -0.2) is 0 Å². The van der Waals surface area contributed by atoms with Crippen LogP contribution in [-0.2, 0) is 34.3 Å². The Bertz CT molecular complexity index is 384. The fourth-order valence-corrected chi connectivity index (χ4v) is 1.42. The molecule has 1 rings (SSSR count). The van der Waals surface area contributed by atoms with E-state index in [1.807, 2.05) is 0 Å². The molecule has 0 heterocycles. The SMILES string of the molecule is CC(C)(c1ccccc1)S(=O)(=O)O.[Zn]. The number of hydrogen-bond donors (Lipinski definition) is 1. The van der Waals surface area contributed by atoms with Crippen LogP contribution in [0.4, 0.5) is 0 Å². The molecule has 0 aromatic heterocycles. The molecule has 0 bridgehead atoms. The summed E-state index contributed by atoms with van der Waals surface area (Å²) in [6.45, 7) is 2.94. The van der Waals surface area contributed by atoms with Gasteiger partial charge in [0.15, 0.2) is 0 Å². The third-order valence-corrected chi connectivity index (χ3v) is 3.64. The summed E-state index contributed by atoms with van der Waals surface area (Å²) < 4.78 is 29.7. The second-order valence-corrected chi connectivity index (χ2v) is 5.32. The van der Waals surface area contributed by atoms with Crippen molar-refractivity contribution in [3.8, 4) is 0 Å². The Morgan fingerprint density at radius 1 is 1.14 bits per heavy atom. The van der Waals surface area contributed by atoms with Crippen molar-refractivity contribution >= 4 is 10.1 Å². The fraction of sp³-hybridized carbons (Fsp3) is 0.333. The Labute approximate surface area is 97.0 Å². The molecule has 74 valence electrons. The van der Waals surface area contributed by atoms with Crippen molar-refractivity contribution in [3.63, 3.8) is 0 Å². The first-order valence-electron chi connectivity index (χ1n) is 3.88. The van der Waals surface area contributed by atoms with Gasteiger partial charge in [-0.2, -0.15) is 8.42 Å². The van der Waals surface area contributed by atoms with Crippen LogP contribution in [0.15, 0.2) is 30.3 Å². The zero-order chi connectivity index (χ0) is 10.1. The molecule has 3 nitrogen and oxygen atoms in total. The molecule has 0 aliphatic heterocycles. The maximum atomic E-state index is 11.0. The Morgan fingerprint density at radius 3 is 1.93 bits per heavy atom. The van der Waals surface area contributed by atoms with Gasteiger partial charge in [0.25, 0.3) is 10.1 Å². The third kappa shape index (κ3) is 2.63. The van der Waals surface area contributed by atoms with Gasteiger partial charge in [0.1, 0.15) is 4.75 Å². The summed E-state index contributed by atoms with van der Waals surface area (Å²) >= 11 is 0. The Kier molecular flexibility index (Phi) is 4.44. The van der Waals surface area contributed by atoms with Gasteiger partial charge >= 0.3 is 0 Å². The van der Waals surface area contributed by atoms with Crippen LogP contribution in [-0.4, -0.2) is 13.0 Å². The van der Waals surface area contributed by atoms with Gasteiger partial charge in [0, 0.05) is 19.5 Å². The van der Waals surface area contributed by atoms with E-state index >= 15 is 0 Å². The summed E-state index contributed by atoms with van der Waals surface area (Å²) in [4.78, 5) is 0. The van der Waals surface area contributed by atoms with E-state index in [0.29, 0.717) is 5.56 Å². The summed E-state index contributed by atoms with van der Waals surface area (Å²) in [5.74, 6) is 0. The first-order chi connectivity index (χ1) is 5.86. The molecule has 0 aliphatic rings. The van der Waals surface area contributed by atoms with E-state index in [-0.39, 0.29) is 19.5 Å². The maximum absolute atomic E-state index is 11.0. The van der Waals surface area contributed by atoms with Crippen LogP contribution in [0.25, 0.3) is 0 Å². The normalized spacial score (nSPS) is 11.9. The minimum absolute atomic E-state index is 0. The summed E-state index contributed by atoms with van der Waals surface area (Å²) in [6.07, 6.45) is 0. The Hall–Kier alpha value is -0.247. The van der Waals surface area contributed by atoms with Crippen LogP contribution in [0.2, 0.25) is 0 Å². The zero-order valence-corrected chi connectivity index (χ0v) is 12.0. The molecule has 0 saturated carbocycles. The number of benzene rings is 1. The maximum Gasteiger partial charge on any atom is 0.274 e. The van der Waals surface area contributed by atoms with Crippen LogP contribution in [0.5, 0.6) is 0 Å². The molecule has 0 radical (unpaired) electrons. The van der Waals surface area contributed by atoms with Gasteiger partial charge < -0.3 is 0 Å². The van der Waals surface area contributed by atoms with Crippen LogP contribution < -0.4 is 0 Å². The quantitative estimate of drug-likeness (QED) is 0.655. The summed E-state index contributed by atoms with van der Waals surface area (Å²) in [6, 6.07) is 8.62. The van der Waals surface area contributed by atoms with Gasteiger partial charge in [0.05, 0.1) is 0 Å². The predicted molar refractivity (Wildman–Crippen MR) is 51.0 cm³/mol. The van der Waals surface area contributed by atoms with E-state index in [9.17, 15) is 8.42 Å². The van der Waals surface area contributed by atoms with Crippen LogP contribution in [0.1, 0.15) is 19.4 Å². The van der Waals surface area contributed by atoms with Gasteiger partial charge in [-0.1, -0.05) is 30.3 Å². The van der Waals surface area contributed by atoms with Crippen molar-refractivity contribution < 1.29 is 32.4 Å². The molecule has 0 saturated heterocycles. The largest absolute Gasteiger partial charge is 0.285 e. The molecule has 0 unspecified atom stereocenters. The van der Waals surface area contributed by atoms with E-state index < -0.39 is 14.9 Å². The number of hydrogen-bond acceptors (Lipinski definition) is 2. The number of rotatable bonds is 2. The second kappa shape index (κ2) is 4.52. The van der Waals surface area contributed by atoms with Gasteiger partial charge in [0.2, 0.25) is 0 Å². The minimum Gasteiger partial charge on any atom is -0.285 e. The van der Waals surface area contributed by atoms with Crippen molar-refractivity contribution in [3.05, 3.63) is 35.9 Å². The van der Waals surface area contributed by atoms with Crippen molar-refractivity contribution in [2.75, 3.05) is 0 Å². The van der Waals surface area contributed by atoms with Gasteiger partial charge in [-0.05, 0) is 19.4 Å². The molecule has 1 aromatic carbocycles. The molecular weight excluding hydrogens is 254 g/mol. The first-order valence-corrected chi connectivity index (χ1v) is 5.32. The third-order valence-electron chi connectivity index (χ3n) is 2.11. The Balaban J connectivity index is 0.00000169. The fourth-order valence-electron chi connectivity index (χ4n) is 0.988. The molecule has 0 aliphatic carbocycles. The first kappa shape index (κ1) is 13.8. The van der Waals surface area contributed by atoms with Crippen molar-refractivity contribution in [1.82, 2.24) is 0 Å². The molecule has 0 spiro atoms. The van der Waals surface area contributed by atoms with Crippen molar-refractivity contribution in [1.29, 1.82) is 0 Å². The van der Waals surface area contributed by atoms with E-state index in [2.05, 4.69) is 0 Å². The molecule has 0 amide bonds. The monoisotopic (exact) mass is 264 g/mol. The molecular formula is C9H12O3SZn. The average Bonchev–Trinajstić information content (AvgIpc) is 2.04. The molecule has 0 fully saturated rings. The summed E-state index contributed by atoms with van der Waals surface area (Å²) in [5, 5.41) is 0. The smallest absolute Gasteiger partial charge is 0.274 e. The topological polar surface area (TPSA) is 54.4 Å². The molecule has 14 heavy (non-hydrogen) atoms. The van der Waals surface area contributed by atoms with Crippen molar-refractivity contribution in [2.24, 2.45) is 0 Å². The van der Waals surface area contributed by atoms with Crippen molar-refractivity contribution in [2.45, 2.75) is 18.6 Å². The average molecular weight is 266 g/mol. The molecule has 1 N–H and O–H groups in total. The van der Waals surface area contributed by atoms with E-state index in [0.717, 1.165) is 0 Å². The Morgan fingerprint density at radius 2 is 1.57 bits per heavy atom. The van der Waals surface area contributed by atoms with Gasteiger partial charge in [-0.15, -0.1) is 0 Å². The van der Waals surface area contributed by atoms with Crippen LogP contribution in [0, 0.1) is 0 Å². The standard InChI is InChI=1S/C9H12O3S.Zn/c1-9(2,13(10,11)12)8-6-4-3-5-7-8;/h3-7H,1-2H3,(H,10,11,12);. The zero-order valence-electron chi connectivity index (χ0n) is 8.27.